The Hall–Kier alpha value is -2.61. The van der Waals surface area contributed by atoms with Crippen molar-refractivity contribution in [2.45, 2.75) is 13.3 Å². The van der Waals surface area contributed by atoms with Crippen LogP contribution in [0.4, 0.5) is 0 Å². The molecule has 0 aliphatic rings. The lowest BCUT2D eigenvalue weighted by Gasteiger charge is -2.13. The monoisotopic (exact) mass is 269 g/mol. The molecule has 2 aromatic rings. The first kappa shape index (κ1) is 13.8. The molecule has 5 heteroatoms. The maximum Gasteiger partial charge on any atom is 0.142 e. The van der Waals surface area contributed by atoms with Crippen LogP contribution in [0.3, 0.4) is 0 Å². The summed E-state index contributed by atoms with van der Waals surface area (Å²) in [5.41, 5.74) is 2.61. The van der Waals surface area contributed by atoms with Crippen molar-refractivity contribution in [3.05, 3.63) is 35.8 Å². The van der Waals surface area contributed by atoms with Crippen molar-refractivity contribution < 1.29 is 9.47 Å². The summed E-state index contributed by atoms with van der Waals surface area (Å²) in [6.45, 7) is 1.96. The van der Waals surface area contributed by atoms with Gasteiger partial charge in [-0.2, -0.15) is 5.26 Å². The Labute approximate surface area is 117 Å². The van der Waals surface area contributed by atoms with Gasteiger partial charge in [0.15, 0.2) is 0 Å². The van der Waals surface area contributed by atoms with Gasteiger partial charge in [0.25, 0.3) is 0 Å². The number of aryl methyl sites for hydroxylation is 1. The Morgan fingerprint density at radius 2 is 2.05 bits per heavy atom. The minimum atomic E-state index is 0.186. The summed E-state index contributed by atoms with van der Waals surface area (Å²) in [5.74, 6) is 1.92. The van der Waals surface area contributed by atoms with Crippen LogP contribution in [0.25, 0.3) is 11.3 Å². The molecule has 0 radical (unpaired) electrons. The van der Waals surface area contributed by atoms with Gasteiger partial charge in [0.1, 0.15) is 17.3 Å². The van der Waals surface area contributed by atoms with E-state index in [4.69, 9.17) is 14.7 Å². The van der Waals surface area contributed by atoms with Crippen LogP contribution in [-0.4, -0.2) is 24.2 Å². The molecule has 0 N–H and O–H groups in total. The maximum atomic E-state index is 8.73. The molecule has 0 bridgehead atoms. The third-order valence-electron chi connectivity index (χ3n) is 2.93. The van der Waals surface area contributed by atoms with Crippen LogP contribution in [0.15, 0.2) is 24.4 Å². The van der Waals surface area contributed by atoms with Crippen LogP contribution in [0.5, 0.6) is 11.5 Å². The summed E-state index contributed by atoms with van der Waals surface area (Å²) < 4.78 is 10.7. The number of methoxy groups -OCH3 is 2. The predicted octanol–water partition coefficient (Wildman–Crippen LogP) is 2.54. The Bertz CT molecular complexity index is 663. The summed E-state index contributed by atoms with van der Waals surface area (Å²) in [7, 11) is 3.22. The lowest BCUT2D eigenvalue weighted by Crippen LogP contribution is -1.99. The highest BCUT2D eigenvalue weighted by Crippen LogP contribution is 2.35. The molecule has 0 amide bonds. The molecule has 1 heterocycles. The molecule has 0 saturated heterocycles. The fourth-order valence-electron chi connectivity index (χ4n) is 2.02. The zero-order valence-electron chi connectivity index (χ0n) is 11.7. The van der Waals surface area contributed by atoms with Crippen LogP contribution in [-0.2, 0) is 6.42 Å². The first-order valence-corrected chi connectivity index (χ1v) is 6.11. The number of aromatic nitrogens is 2. The Balaban J connectivity index is 2.57. The normalized spacial score (nSPS) is 9.90. The molecule has 0 atom stereocenters. The lowest BCUT2D eigenvalue weighted by molar-refractivity contribution is 0.395. The molecule has 0 aliphatic heterocycles. The maximum absolute atomic E-state index is 8.73. The van der Waals surface area contributed by atoms with Gasteiger partial charge in [-0.3, -0.25) is 0 Å². The Morgan fingerprint density at radius 1 is 1.25 bits per heavy atom. The molecule has 0 fully saturated rings. The van der Waals surface area contributed by atoms with E-state index in [0.717, 1.165) is 22.6 Å². The average molecular weight is 269 g/mol. The molecule has 0 saturated carbocycles. The van der Waals surface area contributed by atoms with Crippen molar-refractivity contribution in [2.75, 3.05) is 14.2 Å². The highest BCUT2D eigenvalue weighted by Gasteiger charge is 2.13. The Kier molecular flexibility index (Phi) is 4.16. The largest absolute Gasteiger partial charge is 0.497 e. The molecule has 1 aromatic carbocycles. The van der Waals surface area contributed by atoms with Crippen LogP contribution in [0.2, 0.25) is 0 Å². The number of nitrogens with zero attached hydrogens (tertiary/aromatic N) is 3. The standard InChI is InChI=1S/C15H15N3O2/c1-10-8-11(19-2)9-13(20-3)15(10)12-5-7-17-14(18-12)4-6-16/h5,7-9H,4H2,1-3H3. The van der Waals surface area contributed by atoms with E-state index in [1.54, 1.807) is 26.5 Å². The molecule has 20 heavy (non-hydrogen) atoms. The molecule has 0 aliphatic carbocycles. The van der Waals surface area contributed by atoms with Crippen LogP contribution in [0.1, 0.15) is 11.4 Å². The average Bonchev–Trinajstić information content (AvgIpc) is 2.46. The van der Waals surface area contributed by atoms with E-state index >= 15 is 0 Å². The number of hydrogen-bond acceptors (Lipinski definition) is 5. The van der Waals surface area contributed by atoms with E-state index in [0.29, 0.717) is 11.6 Å². The summed E-state index contributed by atoms with van der Waals surface area (Å²) >= 11 is 0. The van der Waals surface area contributed by atoms with Crippen LogP contribution in [0, 0.1) is 18.3 Å². The van der Waals surface area contributed by atoms with Crippen molar-refractivity contribution in [1.29, 1.82) is 5.26 Å². The molecule has 102 valence electrons. The number of hydrogen-bond donors (Lipinski definition) is 0. The lowest BCUT2D eigenvalue weighted by atomic mass is 10.0. The summed E-state index contributed by atoms with van der Waals surface area (Å²) in [6.07, 6.45) is 1.84. The SMILES string of the molecule is COc1cc(C)c(-c2ccnc(CC#N)n2)c(OC)c1. The molecule has 1 aromatic heterocycles. The van der Waals surface area contributed by atoms with E-state index in [2.05, 4.69) is 9.97 Å². The topological polar surface area (TPSA) is 68.0 Å². The van der Waals surface area contributed by atoms with E-state index in [9.17, 15) is 0 Å². The van der Waals surface area contributed by atoms with E-state index in [1.807, 2.05) is 25.1 Å². The first-order valence-electron chi connectivity index (χ1n) is 6.11. The van der Waals surface area contributed by atoms with Crippen molar-refractivity contribution in [1.82, 2.24) is 9.97 Å². The van der Waals surface area contributed by atoms with Crippen LogP contribution < -0.4 is 9.47 Å². The third-order valence-corrected chi connectivity index (χ3v) is 2.93. The van der Waals surface area contributed by atoms with E-state index in [-0.39, 0.29) is 6.42 Å². The number of rotatable bonds is 4. The van der Waals surface area contributed by atoms with E-state index in [1.165, 1.54) is 0 Å². The van der Waals surface area contributed by atoms with Crippen molar-refractivity contribution in [3.63, 3.8) is 0 Å². The molecular weight excluding hydrogens is 254 g/mol. The fourth-order valence-corrected chi connectivity index (χ4v) is 2.02. The van der Waals surface area contributed by atoms with Gasteiger partial charge in [-0.25, -0.2) is 9.97 Å². The van der Waals surface area contributed by atoms with Crippen molar-refractivity contribution >= 4 is 0 Å². The predicted molar refractivity (Wildman–Crippen MR) is 74.6 cm³/mol. The smallest absolute Gasteiger partial charge is 0.142 e. The third kappa shape index (κ3) is 2.69. The summed E-state index contributed by atoms with van der Waals surface area (Å²) in [6, 6.07) is 7.59. The number of benzene rings is 1. The molecular formula is C15H15N3O2. The second-order valence-corrected chi connectivity index (χ2v) is 4.21. The van der Waals surface area contributed by atoms with Crippen molar-refractivity contribution in [2.24, 2.45) is 0 Å². The van der Waals surface area contributed by atoms with Crippen molar-refractivity contribution in [3.8, 4) is 28.8 Å². The molecule has 5 nitrogen and oxygen atoms in total. The minimum absolute atomic E-state index is 0.186. The zero-order valence-corrected chi connectivity index (χ0v) is 11.7. The number of nitriles is 1. The number of ether oxygens (including phenoxy) is 2. The fraction of sp³-hybridized carbons (Fsp3) is 0.267. The highest BCUT2D eigenvalue weighted by molar-refractivity contribution is 5.72. The first-order chi connectivity index (χ1) is 9.69. The molecule has 0 spiro atoms. The van der Waals surface area contributed by atoms with Gasteiger partial charge in [0, 0.05) is 17.8 Å². The van der Waals surface area contributed by atoms with Gasteiger partial charge >= 0.3 is 0 Å². The van der Waals surface area contributed by atoms with Gasteiger partial charge in [0.05, 0.1) is 32.4 Å². The highest BCUT2D eigenvalue weighted by atomic mass is 16.5. The molecule has 2 rings (SSSR count). The second-order valence-electron chi connectivity index (χ2n) is 4.21. The second kappa shape index (κ2) is 6.02. The van der Waals surface area contributed by atoms with Gasteiger partial charge < -0.3 is 9.47 Å². The van der Waals surface area contributed by atoms with Gasteiger partial charge in [-0.15, -0.1) is 0 Å². The van der Waals surface area contributed by atoms with Crippen LogP contribution >= 0.6 is 0 Å². The molecule has 0 unspecified atom stereocenters. The van der Waals surface area contributed by atoms with E-state index < -0.39 is 0 Å². The summed E-state index contributed by atoms with van der Waals surface area (Å²) in [5, 5.41) is 8.73. The Morgan fingerprint density at radius 3 is 2.70 bits per heavy atom. The van der Waals surface area contributed by atoms with Gasteiger partial charge in [-0.1, -0.05) is 0 Å². The van der Waals surface area contributed by atoms with Gasteiger partial charge in [0.2, 0.25) is 0 Å². The van der Waals surface area contributed by atoms with Gasteiger partial charge in [-0.05, 0) is 24.6 Å². The summed E-state index contributed by atoms with van der Waals surface area (Å²) in [4.78, 5) is 8.48. The zero-order chi connectivity index (χ0) is 14.5. The minimum Gasteiger partial charge on any atom is -0.497 e. The quantitative estimate of drug-likeness (QED) is 0.853.